The summed E-state index contributed by atoms with van der Waals surface area (Å²) in [6, 6.07) is 3.24. The summed E-state index contributed by atoms with van der Waals surface area (Å²) in [5.74, 6) is 0.979. The normalized spacial score (nSPS) is 23.4. The van der Waals surface area contributed by atoms with Crippen LogP contribution in [-0.4, -0.2) is 35.0 Å². The van der Waals surface area contributed by atoms with Crippen LogP contribution in [-0.2, 0) is 7.05 Å². The molecular weight excluding hydrogens is 238 g/mol. The van der Waals surface area contributed by atoms with Crippen molar-refractivity contribution in [2.75, 3.05) is 18.0 Å². The average molecular weight is 261 g/mol. The number of nitrogens with one attached hydrogen (secondary N) is 1. The predicted octanol–water partition coefficient (Wildman–Crippen LogP) is 1.57. The van der Waals surface area contributed by atoms with Gasteiger partial charge in [-0.15, -0.1) is 0 Å². The van der Waals surface area contributed by atoms with Crippen LogP contribution in [0.5, 0.6) is 0 Å². The van der Waals surface area contributed by atoms with Crippen molar-refractivity contribution in [1.29, 1.82) is 5.26 Å². The van der Waals surface area contributed by atoms with E-state index in [0.29, 0.717) is 12.1 Å². The number of hydrogen-bond acceptors (Lipinski definition) is 4. The Kier molecular flexibility index (Phi) is 4.11. The van der Waals surface area contributed by atoms with E-state index in [1.807, 2.05) is 18.7 Å². The van der Waals surface area contributed by atoms with Crippen LogP contribution >= 0.6 is 0 Å². The van der Waals surface area contributed by atoms with Gasteiger partial charge in [-0.1, -0.05) is 13.8 Å². The number of piperazine rings is 1. The lowest BCUT2D eigenvalue weighted by Gasteiger charge is -2.41. The minimum absolute atomic E-state index is 0.435. The van der Waals surface area contributed by atoms with Gasteiger partial charge in [-0.2, -0.15) is 10.4 Å². The molecule has 5 nitrogen and oxygen atoms in total. The summed E-state index contributed by atoms with van der Waals surface area (Å²) in [7, 11) is 1.93. The molecule has 0 aliphatic carbocycles. The largest absolute Gasteiger partial charge is 0.350 e. The second-order valence-corrected chi connectivity index (χ2v) is 5.25. The smallest absolute Gasteiger partial charge is 0.145 e. The molecule has 1 N–H and O–H groups in total. The molecule has 1 saturated heterocycles. The monoisotopic (exact) mass is 261 g/mol. The van der Waals surface area contributed by atoms with Crippen molar-refractivity contribution >= 4 is 5.82 Å². The lowest BCUT2D eigenvalue weighted by atomic mass is 10.0. The minimum atomic E-state index is 0.435. The molecule has 0 amide bonds. The van der Waals surface area contributed by atoms with E-state index >= 15 is 0 Å². The summed E-state index contributed by atoms with van der Waals surface area (Å²) in [6.07, 6.45) is 2.17. The molecule has 2 heterocycles. The summed E-state index contributed by atoms with van der Waals surface area (Å²) >= 11 is 0. The van der Waals surface area contributed by atoms with Crippen LogP contribution in [0.25, 0.3) is 0 Å². The van der Waals surface area contributed by atoms with Gasteiger partial charge in [0.05, 0.1) is 5.69 Å². The molecule has 1 aromatic rings. The molecule has 2 rings (SSSR count). The van der Waals surface area contributed by atoms with E-state index in [-0.39, 0.29) is 0 Å². The van der Waals surface area contributed by atoms with E-state index < -0.39 is 0 Å². The number of hydrogen-bond donors (Lipinski definition) is 1. The van der Waals surface area contributed by atoms with Crippen molar-refractivity contribution in [3.63, 3.8) is 0 Å². The Morgan fingerprint density at radius 1 is 1.42 bits per heavy atom. The molecule has 1 aliphatic heterocycles. The highest BCUT2D eigenvalue weighted by Crippen LogP contribution is 2.27. The first-order valence-electron chi connectivity index (χ1n) is 7.06. The average Bonchev–Trinajstić information content (AvgIpc) is 2.71. The maximum atomic E-state index is 9.38. The van der Waals surface area contributed by atoms with E-state index in [2.05, 4.69) is 35.2 Å². The van der Waals surface area contributed by atoms with Gasteiger partial charge >= 0.3 is 0 Å². The van der Waals surface area contributed by atoms with Crippen molar-refractivity contribution in [3.8, 4) is 6.07 Å². The topological polar surface area (TPSA) is 56.9 Å². The third-order valence-corrected chi connectivity index (χ3v) is 4.04. The van der Waals surface area contributed by atoms with Gasteiger partial charge in [0.25, 0.3) is 0 Å². The van der Waals surface area contributed by atoms with Crippen LogP contribution in [0.2, 0.25) is 0 Å². The highest BCUT2D eigenvalue weighted by atomic mass is 15.4. The zero-order chi connectivity index (χ0) is 14.0. The molecule has 1 fully saturated rings. The van der Waals surface area contributed by atoms with E-state index in [1.54, 1.807) is 0 Å². The molecule has 0 bridgehead atoms. The summed E-state index contributed by atoms with van der Waals surface area (Å²) < 4.78 is 1.86. The van der Waals surface area contributed by atoms with Crippen LogP contribution in [0.3, 0.4) is 0 Å². The Morgan fingerprint density at radius 3 is 2.74 bits per heavy atom. The second kappa shape index (κ2) is 5.62. The summed E-state index contributed by atoms with van der Waals surface area (Å²) in [5, 5.41) is 17.4. The van der Waals surface area contributed by atoms with Crippen molar-refractivity contribution in [2.45, 2.75) is 45.7 Å². The Balaban J connectivity index is 2.39. The van der Waals surface area contributed by atoms with Gasteiger partial charge < -0.3 is 10.2 Å². The highest BCUT2D eigenvalue weighted by Gasteiger charge is 2.30. The predicted molar refractivity (Wildman–Crippen MR) is 76.2 cm³/mol. The minimum Gasteiger partial charge on any atom is -0.350 e. The third kappa shape index (κ3) is 2.45. The molecule has 19 heavy (non-hydrogen) atoms. The molecule has 0 radical (unpaired) electrons. The standard InChI is InChI=1S/C14H23N5/c1-5-11-9-19(12(6-2)8-16-11)14-13(7-15)10(3)17-18(14)4/h11-12,16H,5-6,8-9H2,1-4H3. The molecule has 0 aromatic carbocycles. The van der Waals surface area contributed by atoms with Crippen LogP contribution in [0, 0.1) is 18.3 Å². The molecule has 1 aromatic heterocycles. The number of nitrogens with zero attached hydrogens (tertiary/aromatic N) is 4. The molecule has 0 spiro atoms. The fourth-order valence-electron chi connectivity index (χ4n) is 2.87. The van der Waals surface area contributed by atoms with E-state index in [4.69, 9.17) is 0 Å². The van der Waals surface area contributed by atoms with Crippen LogP contribution in [0.1, 0.15) is 37.9 Å². The van der Waals surface area contributed by atoms with Crippen molar-refractivity contribution in [1.82, 2.24) is 15.1 Å². The van der Waals surface area contributed by atoms with Crippen molar-refractivity contribution in [3.05, 3.63) is 11.3 Å². The van der Waals surface area contributed by atoms with Gasteiger partial charge in [-0.3, -0.25) is 4.68 Å². The number of aromatic nitrogens is 2. The summed E-state index contributed by atoms with van der Waals surface area (Å²) in [5.41, 5.74) is 1.54. The van der Waals surface area contributed by atoms with Gasteiger partial charge in [-0.25, -0.2) is 0 Å². The van der Waals surface area contributed by atoms with Gasteiger partial charge in [0, 0.05) is 32.2 Å². The number of rotatable bonds is 3. The van der Waals surface area contributed by atoms with Crippen LogP contribution in [0.15, 0.2) is 0 Å². The Morgan fingerprint density at radius 2 is 2.16 bits per heavy atom. The Hall–Kier alpha value is -1.54. The first kappa shape index (κ1) is 13.9. The Bertz CT molecular complexity index is 485. The van der Waals surface area contributed by atoms with Crippen LogP contribution in [0.4, 0.5) is 5.82 Å². The first-order valence-corrected chi connectivity index (χ1v) is 7.06. The lowest BCUT2D eigenvalue weighted by molar-refractivity contribution is 0.373. The molecule has 2 unspecified atom stereocenters. The molecule has 5 heteroatoms. The fourth-order valence-corrected chi connectivity index (χ4v) is 2.87. The van der Waals surface area contributed by atoms with Crippen molar-refractivity contribution in [2.24, 2.45) is 7.05 Å². The number of anilines is 1. The molecule has 104 valence electrons. The molecular formula is C14H23N5. The molecule has 0 saturated carbocycles. The van der Waals surface area contributed by atoms with Gasteiger partial charge in [-0.05, 0) is 19.8 Å². The van der Waals surface area contributed by atoms with Gasteiger partial charge in [0.2, 0.25) is 0 Å². The van der Waals surface area contributed by atoms with Crippen molar-refractivity contribution < 1.29 is 0 Å². The maximum Gasteiger partial charge on any atom is 0.145 e. The van der Waals surface area contributed by atoms with Crippen LogP contribution < -0.4 is 10.2 Å². The highest BCUT2D eigenvalue weighted by molar-refractivity contribution is 5.58. The number of aryl methyl sites for hydroxylation is 2. The van der Waals surface area contributed by atoms with Gasteiger partial charge in [0.1, 0.15) is 17.5 Å². The lowest BCUT2D eigenvalue weighted by Crippen LogP contribution is -2.57. The SMILES string of the molecule is CCC1CN(c2c(C#N)c(C)nn2C)C(CC)CN1. The van der Waals surface area contributed by atoms with E-state index in [1.165, 1.54) is 0 Å². The fraction of sp³-hybridized carbons (Fsp3) is 0.714. The zero-order valence-corrected chi connectivity index (χ0v) is 12.3. The zero-order valence-electron chi connectivity index (χ0n) is 12.3. The van der Waals surface area contributed by atoms with Gasteiger partial charge in [0.15, 0.2) is 0 Å². The first-order chi connectivity index (χ1) is 9.12. The van der Waals surface area contributed by atoms with E-state index in [9.17, 15) is 5.26 Å². The molecule has 2 atom stereocenters. The second-order valence-electron chi connectivity index (χ2n) is 5.25. The molecule has 1 aliphatic rings. The maximum absolute atomic E-state index is 9.38. The third-order valence-electron chi connectivity index (χ3n) is 4.04. The Labute approximate surface area is 115 Å². The number of nitriles is 1. The van der Waals surface area contributed by atoms with E-state index in [0.717, 1.165) is 43.0 Å². The quantitative estimate of drug-likeness (QED) is 0.897. The summed E-state index contributed by atoms with van der Waals surface area (Å²) in [4.78, 5) is 2.36. The summed E-state index contributed by atoms with van der Waals surface area (Å²) in [6.45, 7) is 8.22.